The van der Waals surface area contributed by atoms with Gasteiger partial charge in [-0.2, -0.15) is 0 Å². The highest BCUT2D eigenvalue weighted by molar-refractivity contribution is 5.98. The van der Waals surface area contributed by atoms with Gasteiger partial charge in [-0.25, -0.2) is 14.4 Å². The number of rotatable bonds is 5. The lowest BCUT2D eigenvalue weighted by molar-refractivity contribution is 0.0699. The SMILES string of the molecule is Cn1c(-c2cc3ccc(C(C)(C)O)nc3n2CC2CC2)nc2cc(C(=O)N3C[C@H]4CC[C@@H]3[C@@H]4N)cc(F)c21. The molecule has 0 spiro atoms. The fraction of sp³-hybridized carbons (Fsp3) is 0.483. The van der Waals surface area contributed by atoms with Crippen molar-refractivity contribution in [2.75, 3.05) is 6.54 Å². The molecule has 198 valence electrons. The molecule has 38 heavy (non-hydrogen) atoms. The van der Waals surface area contributed by atoms with Gasteiger partial charge in [-0.1, -0.05) is 0 Å². The summed E-state index contributed by atoms with van der Waals surface area (Å²) in [5, 5.41) is 11.5. The van der Waals surface area contributed by atoms with Gasteiger partial charge in [0.2, 0.25) is 0 Å². The lowest BCUT2D eigenvalue weighted by atomic mass is 10.0. The molecule has 2 aliphatic carbocycles. The number of carbonyl (C=O) groups is 1. The molecule has 9 heteroatoms. The molecule has 4 aromatic rings. The molecule has 1 aromatic carbocycles. The average Bonchev–Trinajstić information content (AvgIpc) is 3.27. The van der Waals surface area contributed by atoms with Crippen molar-refractivity contribution >= 4 is 28.0 Å². The number of amides is 1. The summed E-state index contributed by atoms with van der Waals surface area (Å²) in [7, 11) is 1.81. The fourth-order valence-corrected chi connectivity index (χ4v) is 6.49. The number of aromatic nitrogens is 4. The molecule has 7 rings (SSSR count). The summed E-state index contributed by atoms with van der Waals surface area (Å²) in [5.41, 5.74) is 8.61. The molecule has 3 N–H and O–H groups in total. The Morgan fingerprint density at radius 3 is 2.61 bits per heavy atom. The Labute approximate surface area is 220 Å². The second-order valence-corrected chi connectivity index (χ2v) is 12.0. The minimum absolute atomic E-state index is 0.00732. The summed E-state index contributed by atoms with van der Waals surface area (Å²) < 4.78 is 19.5. The van der Waals surface area contributed by atoms with Gasteiger partial charge in [0.25, 0.3) is 5.91 Å². The maximum atomic E-state index is 15.6. The van der Waals surface area contributed by atoms with Crippen LogP contribution in [0.1, 0.15) is 55.6 Å². The van der Waals surface area contributed by atoms with E-state index in [-0.39, 0.29) is 18.0 Å². The topological polar surface area (TPSA) is 102 Å². The maximum Gasteiger partial charge on any atom is 0.254 e. The van der Waals surface area contributed by atoms with Crippen LogP contribution in [0.5, 0.6) is 0 Å². The lowest BCUT2D eigenvalue weighted by Gasteiger charge is -2.27. The number of hydrogen-bond donors (Lipinski definition) is 2. The number of fused-ring (bicyclic) bond motifs is 4. The highest BCUT2D eigenvalue weighted by atomic mass is 19.1. The molecule has 3 atom stereocenters. The largest absolute Gasteiger partial charge is 0.384 e. The van der Waals surface area contributed by atoms with Crippen molar-refractivity contribution in [3.63, 3.8) is 0 Å². The number of pyridine rings is 1. The molecule has 1 aliphatic heterocycles. The van der Waals surface area contributed by atoms with E-state index >= 15 is 4.39 Å². The van der Waals surface area contributed by atoms with Crippen LogP contribution in [0.15, 0.2) is 30.3 Å². The number of halogens is 1. The zero-order valence-electron chi connectivity index (χ0n) is 22.0. The molecule has 2 bridgehead atoms. The summed E-state index contributed by atoms with van der Waals surface area (Å²) in [6.45, 7) is 4.88. The Morgan fingerprint density at radius 2 is 1.95 bits per heavy atom. The molecule has 0 radical (unpaired) electrons. The molecule has 8 nitrogen and oxygen atoms in total. The van der Waals surface area contributed by atoms with Gasteiger partial charge < -0.3 is 24.9 Å². The number of imidazole rings is 1. The van der Waals surface area contributed by atoms with Crippen molar-refractivity contribution in [1.29, 1.82) is 0 Å². The van der Waals surface area contributed by atoms with Crippen LogP contribution in [-0.2, 0) is 19.2 Å². The highest BCUT2D eigenvalue weighted by Crippen LogP contribution is 2.39. The summed E-state index contributed by atoms with van der Waals surface area (Å²) in [5.74, 6) is 0.877. The molecule has 2 saturated carbocycles. The normalized spacial score (nSPS) is 23.3. The first kappa shape index (κ1) is 23.8. The Morgan fingerprint density at radius 1 is 1.16 bits per heavy atom. The van der Waals surface area contributed by atoms with Crippen LogP contribution in [-0.4, -0.2) is 53.6 Å². The van der Waals surface area contributed by atoms with Crippen molar-refractivity contribution in [3.05, 3.63) is 47.4 Å². The van der Waals surface area contributed by atoms with E-state index in [9.17, 15) is 9.90 Å². The number of benzene rings is 1. The molecular weight excluding hydrogens is 483 g/mol. The molecule has 3 aliphatic rings. The van der Waals surface area contributed by atoms with Gasteiger partial charge in [-0.15, -0.1) is 0 Å². The van der Waals surface area contributed by atoms with Crippen molar-refractivity contribution in [1.82, 2.24) is 24.0 Å². The van der Waals surface area contributed by atoms with Gasteiger partial charge in [0, 0.05) is 43.2 Å². The van der Waals surface area contributed by atoms with E-state index in [1.165, 1.54) is 6.07 Å². The third kappa shape index (κ3) is 3.59. The van der Waals surface area contributed by atoms with Gasteiger partial charge >= 0.3 is 0 Å². The molecular formula is C29H33FN6O2. The van der Waals surface area contributed by atoms with Crippen molar-refractivity contribution < 1.29 is 14.3 Å². The number of aryl methyl sites for hydroxylation is 1. The monoisotopic (exact) mass is 516 g/mol. The molecule has 1 saturated heterocycles. The number of hydrogen-bond acceptors (Lipinski definition) is 5. The van der Waals surface area contributed by atoms with E-state index < -0.39 is 11.4 Å². The van der Waals surface area contributed by atoms with Gasteiger partial charge in [0.05, 0.1) is 16.9 Å². The number of nitrogens with zero attached hydrogens (tertiary/aromatic N) is 5. The van der Waals surface area contributed by atoms with Crippen LogP contribution in [0, 0.1) is 17.7 Å². The number of aliphatic hydroxyl groups is 1. The number of nitrogens with two attached hydrogens (primary N) is 1. The maximum absolute atomic E-state index is 15.6. The molecule has 1 amide bonds. The molecule has 0 unspecified atom stereocenters. The predicted molar refractivity (Wildman–Crippen MR) is 143 cm³/mol. The Bertz CT molecular complexity index is 1610. The first-order valence-corrected chi connectivity index (χ1v) is 13.6. The van der Waals surface area contributed by atoms with Crippen LogP contribution in [0.2, 0.25) is 0 Å². The van der Waals surface area contributed by atoms with Crippen LogP contribution in [0.25, 0.3) is 33.6 Å². The van der Waals surface area contributed by atoms with Crippen molar-refractivity contribution in [2.45, 2.75) is 63.8 Å². The molecule has 4 heterocycles. The Kier molecular flexibility index (Phi) is 5.07. The zero-order chi connectivity index (χ0) is 26.5. The van der Waals surface area contributed by atoms with Gasteiger partial charge in [0.15, 0.2) is 5.82 Å². The fourth-order valence-electron chi connectivity index (χ4n) is 6.49. The van der Waals surface area contributed by atoms with Crippen LogP contribution < -0.4 is 5.73 Å². The third-order valence-electron chi connectivity index (χ3n) is 8.82. The second kappa shape index (κ2) is 8.10. The van der Waals surface area contributed by atoms with Crippen molar-refractivity contribution in [3.8, 4) is 11.5 Å². The number of carbonyl (C=O) groups excluding carboxylic acids is 1. The summed E-state index contributed by atoms with van der Waals surface area (Å²) in [6, 6.07) is 8.93. The van der Waals surface area contributed by atoms with Crippen LogP contribution >= 0.6 is 0 Å². The van der Waals surface area contributed by atoms with Gasteiger partial charge in [-0.3, -0.25) is 4.79 Å². The van der Waals surface area contributed by atoms with Gasteiger partial charge in [-0.05, 0) is 81.7 Å². The highest BCUT2D eigenvalue weighted by Gasteiger charge is 2.47. The third-order valence-corrected chi connectivity index (χ3v) is 8.82. The standard InChI is InChI=1S/C29H33FN6O2/c1-29(2,38)23-9-7-16-12-22(35(26(16)33-23)13-15-4-5-15)27-32-20-11-18(10-19(30)25(20)34(27)3)28(37)36-14-17-6-8-21(36)24(17)31/h7,9-12,15,17,21,24,38H,4-6,8,13-14,31H2,1-3H3/t17-,21-,24-/m1/s1. The second-order valence-electron chi connectivity index (χ2n) is 12.0. The Hall–Kier alpha value is -3.30. The first-order valence-electron chi connectivity index (χ1n) is 13.6. The smallest absolute Gasteiger partial charge is 0.254 e. The minimum Gasteiger partial charge on any atom is -0.384 e. The van der Waals surface area contributed by atoms with E-state index in [2.05, 4.69) is 4.57 Å². The average molecular weight is 517 g/mol. The van der Waals surface area contributed by atoms with Crippen molar-refractivity contribution in [2.24, 2.45) is 24.6 Å². The van der Waals surface area contributed by atoms with E-state index in [0.717, 1.165) is 49.0 Å². The zero-order valence-corrected chi connectivity index (χ0v) is 22.0. The van der Waals surface area contributed by atoms with Gasteiger partial charge in [0.1, 0.15) is 22.6 Å². The Balaban J connectivity index is 1.33. The summed E-state index contributed by atoms with van der Waals surface area (Å²) in [4.78, 5) is 24.9. The van der Waals surface area contributed by atoms with E-state index in [4.69, 9.17) is 15.7 Å². The van der Waals surface area contributed by atoms with E-state index in [0.29, 0.717) is 46.5 Å². The van der Waals surface area contributed by atoms with E-state index in [1.807, 2.05) is 30.1 Å². The van der Waals surface area contributed by atoms with Crippen LogP contribution in [0.4, 0.5) is 4.39 Å². The molecule has 3 fully saturated rings. The first-order chi connectivity index (χ1) is 18.1. The van der Waals surface area contributed by atoms with Crippen LogP contribution in [0.3, 0.4) is 0 Å². The minimum atomic E-state index is -1.06. The number of likely N-dealkylation sites (tertiary alicyclic amines) is 1. The van der Waals surface area contributed by atoms with E-state index in [1.54, 1.807) is 24.5 Å². The summed E-state index contributed by atoms with van der Waals surface area (Å²) in [6.07, 6.45) is 4.28. The lowest BCUT2D eigenvalue weighted by Crippen LogP contribution is -2.41. The molecule has 3 aromatic heterocycles. The summed E-state index contributed by atoms with van der Waals surface area (Å²) >= 11 is 0. The quantitative estimate of drug-likeness (QED) is 0.419. The number of piperidine rings is 1. The predicted octanol–water partition coefficient (Wildman–Crippen LogP) is 3.93.